The number of furan rings is 1. The molecule has 104 valence electrons. The lowest BCUT2D eigenvalue weighted by Gasteiger charge is -2.06. The largest absolute Gasteiger partial charge is 0.488 e. The van der Waals surface area contributed by atoms with Gasteiger partial charge in [-0.3, -0.25) is 0 Å². The first-order valence-electron chi connectivity index (χ1n) is 6.66. The van der Waals surface area contributed by atoms with Crippen molar-refractivity contribution in [2.75, 3.05) is 0 Å². The smallest absolute Gasteiger partial charge is 0.137 e. The van der Waals surface area contributed by atoms with E-state index < -0.39 is 0 Å². The molecule has 0 atom stereocenters. The second-order valence-corrected chi connectivity index (χ2v) is 4.89. The first kappa shape index (κ1) is 12.0. The van der Waals surface area contributed by atoms with Crippen LogP contribution in [0.2, 0.25) is 0 Å². The molecule has 0 radical (unpaired) electrons. The zero-order valence-corrected chi connectivity index (χ0v) is 11.1. The van der Waals surface area contributed by atoms with E-state index in [2.05, 4.69) is 4.98 Å². The summed E-state index contributed by atoms with van der Waals surface area (Å²) >= 11 is 0. The summed E-state index contributed by atoms with van der Waals surface area (Å²) in [6.45, 7) is 0.378. The molecule has 0 saturated heterocycles. The van der Waals surface area contributed by atoms with E-state index in [0.29, 0.717) is 12.2 Å². The monoisotopic (exact) mass is 281 g/mol. The van der Waals surface area contributed by atoms with E-state index in [1.54, 1.807) is 12.3 Å². The van der Waals surface area contributed by atoms with Gasteiger partial charge in [-0.25, -0.2) is 4.39 Å². The lowest BCUT2D eigenvalue weighted by atomic mass is 10.2. The molecule has 0 unspecified atom stereocenters. The highest BCUT2D eigenvalue weighted by molar-refractivity contribution is 5.86. The Morgan fingerprint density at radius 3 is 3.00 bits per heavy atom. The highest BCUT2D eigenvalue weighted by Gasteiger charge is 2.09. The molecule has 3 nitrogen and oxygen atoms in total. The quantitative estimate of drug-likeness (QED) is 0.594. The second kappa shape index (κ2) is 4.66. The Labute approximate surface area is 119 Å². The van der Waals surface area contributed by atoms with Crippen LogP contribution < -0.4 is 4.74 Å². The van der Waals surface area contributed by atoms with Gasteiger partial charge in [-0.15, -0.1) is 0 Å². The number of benzene rings is 2. The van der Waals surface area contributed by atoms with Crippen molar-refractivity contribution in [1.82, 2.24) is 4.98 Å². The molecular weight excluding hydrogens is 269 g/mol. The summed E-state index contributed by atoms with van der Waals surface area (Å²) in [5, 5.41) is 1.91. The van der Waals surface area contributed by atoms with Crippen molar-refractivity contribution in [3.63, 3.8) is 0 Å². The van der Waals surface area contributed by atoms with E-state index in [4.69, 9.17) is 9.15 Å². The molecule has 0 bridgehead atoms. The number of aromatic amines is 1. The maximum Gasteiger partial charge on any atom is 0.137 e. The van der Waals surface area contributed by atoms with Gasteiger partial charge < -0.3 is 14.1 Å². The summed E-state index contributed by atoms with van der Waals surface area (Å²) in [6, 6.07) is 12.4. The molecule has 0 spiro atoms. The van der Waals surface area contributed by atoms with Gasteiger partial charge in [0.1, 0.15) is 23.8 Å². The number of halogens is 1. The summed E-state index contributed by atoms with van der Waals surface area (Å²) in [4.78, 5) is 3.15. The highest BCUT2D eigenvalue weighted by atomic mass is 19.1. The molecule has 0 aliphatic heterocycles. The van der Waals surface area contributed by atoms with Crippen LogP contribution in [-0.2, 0) is 6.61 Å². The van der Waals surface area contributed by atoms with Gasteiger partial charge >= 0.3 is 0 Å². The number of hydrogen-bond acceptors (Lipinski definition) is 2. The van der Waals surface area contributed by atoms with Crippen LogP contribution in [0, 0.1) is 5.82 Å². The number of aromatic nitrogens is 1. The van der Waals surface area contributed by atoms with E-state index in [1.165, 1.54) is 12.1 Å². The molecule has 2 aromatic carbocycles. The molecule has 2 heterocycles. The Morgan fingerprint density at radius 2 is 2.05 bits per heavy atom. The fraction of sp³-hybridized carbons (Fsp3) is 0.0588. The van der Waals surface area contributed by atoms with Crippen molar-refractivity contribution in [3.8, 4) is 5.75 Å². The van der Waals surface area contributed by atoms with Crippen molar-refractivity contribution in [2.45, 2.75) is 6.61 Å². The number of rotatable bonds is 3. The average molecular weight is 281 g/mol. The number of hydrogen-bond donors (Lipinski definition) is 1. The molecule has 0 aliphatic rings. The zero-order valence-electron chi connectivity index (χ0n) is 11.1. The summed E-state index contributed by atoms with van der Waals surface area (Å²) in [6.07, 6.45) is 3.49. The standard InChI is InChI=1S/C17H12FNO2/c18-12-4-5-13-11(10-21-17(13)8-12)9-20-16-3-1-2-15-14(16)6-7-19-15/h1-8,10,19H,9H2. The third-order valence-electron chi connectivity index (χ3n) is 3.56. The maximum atomic E-state index is 13.1. The number of ether oxygens (including phenoxy) is 1. The van der Waals surface area contributed by atoms with Crippen LogP contribution in [0.1, 0.15) is 5.56 Å². The van der Waals surface area contributed by atoms with E-state index in [1.807, 2.05) is 30.5 Å². The van der Waals surface area contributed by atoms with Crippen LogP contribution in [0.15, 0.2) is 59.3 Å². The minimum atomic E-state index is -0.304. The summed E-state index contributed by atoms with van der Waals surface area (Å²) in [7, 11) is 0. The molecule has 0 fully saturated rings. The SMILES string of the molecule is Fc1ccc2c(COc3cccc4[nH]ccc34)coc2c1. The fourth-order valence-electron chi connectivity index (χ4n) is 2.51. The number of H-pyrrole nitrogens is 1. The predicted molar refractivity (Wildman–Crippen MR) is 78.8 cm³/mol. The molecule has 0 aliphatic carbocycles. The Balaban J connectivity index is 1.65. The third-order valence-corrected chi connectivity index (χ3v) is 3.56. The van der Waals surface area contributed by atoms with Crippen molar-refractivity contribution >= 4 is 21.9 Å². The molecule has 0 saturated carbocycles. The highest BCUT2D eigenvalue weighted by Crippen LogP contribution is 2.27. The number of fused-ring (bicyclic) bond motifs is 2. The van der Waals surface area contributed by atoms with Crippen molar-refractivity contribution in [3.05, 3.63) is 66.3 Å². The van der Waals surface area contributed by atoms with Gasteiger partial charge in [0.05, 0.1) is 6.26 Å². The maximum absolute atomic E-state index is 13.1. The normalized spacial score (nSPS) is 11.3. The third kappa shape index (κ3) is 2.05. The lowest BCUT2D eigenvalue weighted by molar-refractivity contribution is 0.310. The molecule has 1 N–H and O–H groups in total. The first-order valence-corrected chi connectivity index (χ1v) is 6.66. The molecule has 0 amide bonds. The zero-order chi connectivity index (χ0) is 14.2. The van der Waals surface area contributed by atoms with Crippen LogP contribution in [-0.4, -0.2) is 4.98 Å². The topological polar surface area (TPSA) is 38.2 Å². The van der Waals surface area contributed by atoms with Crippen LogP contribution in [0.5, 0.6) is 5.75 Å². The molecule has 21 heavy (non-hydrogen) atoms. The van der Waals surface area contributed by atoms with Crippen LogP contribution in [0.3, 0.4) is 0 Å². The molecule has 4 aromatic rings. The van der Waals surface area contributed by atoms with Crippen LogP contribution in [0.4, 0.5) is 4.39 Å². The van der Waals surface area contributed by atoms with Gasteiger partial charge in [-0.05, 0) is 30.3 Å². The van der Waals surface area contributed by atoms with E-state index in [-0.39, 0.29) is 5.82 Å². The average Bonchev–Trinajstić information content (AvgIpc) is 3.11. The van der Waals surface area contributed by atoms with E-state index in [9.17, 15) is 4.39 Å². The van der Waals surface area contributed by atoms with Crippen LogP contribution in [0.25, 0.3) is 21.9 Å². The van der Waals surface area contributed by atoms with Crippen LogP contribution >= 0.6 is 0 Å². The fourth-order valence-corrected chi connectivity index (χ4v) is 2.51. The van der Waals surface area contributed by atoms with E-state index in [0.717, 1.165) is 27.6 Å². The van der Waals surface area contributed by atoms with Gasteiger partial charge in [-0.1, -0.05) is 6.07 Å². The minimum Gasteiger partial charge on any atom is -0.488 e. The Morgan fingerprint density at radius 1 is 1.10 bits per heavy atom. The van der Waals surface area contributed by atoms with Crippen molar-refractivity contribution in [1.29, 1.82) is 0 Å². The Bertz CT molecular complexity index is 923. The van der Waals surface area contributed by atoms with Crippen molar-refractivity contribution in [2.24, 2.45) is 0 Å². The van der Waals surface area contributed by atoms with Gasteiger partial charge in [0.25, 0.3) is 0 Å². The Hall–Kier alpha value is -2.75. The first-order chi connectivity index (χ1) is 10.3. The summed E-state index contributed by atoms with van der Waals surface area (Å²) in [5.74, 6) is 0.506. The van der Waals surface area contributed by atoms with Crippen molar-refractivity contribution < 1.29 is 13.5 Å². The van der Waals surface area contributed by atoms with Gasteiger partial charge in [0.2, 0.25) is 0 Å². The predicted octanol–water partition coefficient (Wildman–Crippen LogP) is 4.63. The summed E-state index contributed by atoms with van der Waals surface area (Å²) in [5.41, 5.74) is 2.47. The van der Waals surface area contributed by atoms with Gasteiger partial charge in [0, 0.05) is 34.1 Å². The van der Waals surface area contributed by atoms with Gasteiger partial charge in [0.15, 0.2) is 0 Å². The van der Waals surface area contributed by atoms with E-state index >= 15 is 0 Å². The van der Waals surface area contributed by atoms with Gasteiger partial charge in [-0.2, -0.15) is 0 Å². The lowest BCUT2D eigenvalue weighted by Crippen LogP contribution is -1.94. The number of nitrogens with one attached hydrogen (secondary N) is 1. The molecule has 4 rings (SSSR count). The second-order valence-electron chi connectivity index (χ2n) is 4.89. The molecule has 2 aromatic heterocycles. The Kier molecular flexibility index (Phi) is 2.67. The summed E-state index contributed by atoms with van der Waals surface area (Å²) < 4.78 is 24.4. The minimum absolute atomic E-state index is 0.304. The molecule has 4 heteroatoms. The molecular formula is C17H12FNO2.